The third kappa shape index (κ3) is 5.00. The van der Waals surface area contributed by atoms with Gasteiger partial charge >= 0.3 is 5.69 Å². The summed E-state index contributed by atoms with van der Waals surface area (Å²) in [4.78, 5) is 27.8. The molecule has 4 N–H and O–H groups in total. The molecule has 0 fully saturated rings. The van der Waals surface area contributed by atoms with Gasteiger partial charge in [0.05, 0.1) is 15.8 Å². The number of H-pyrrole nitrogens is 2. The SMILES string of the molecule is CC(NC(C)(C)CNS(=O)(=O)c1ccc2[nH]c(=O)[nH]c(=O)c2c1)c1ccccc1. The lowest BCUT2D eigenvalue weighted by Gasteiger charge is -2.30. The second-order valence-corrected chi connectivity index (χ2v) is 9.37. The van der Waals surface area contributed by atoms with Gasteiger partial charge in [-0.25, -0.2) is 17.9 Å². The van der Waals surface area contributed by atoms with E-state index in [-0.39, 0.29) is 28.4 Å². The third-order valence-corrected chi connectivity index (χ3v) is 6.03. The number of fused-ring (bicyclic) bond motifs is 1. The van der Waals surface area contributed by atoms with E-state index in [1.54, 1.807) is 0 Å². The standard InChI is InChI=1S/C20H24N4O4S/c1-13(14-7-5-4-6-8-14)24-20(2,3)12-21-29(27,28)15-9-10-17-16(11-15)18(25)23-19(26)22-17/h4-11,13,21,24H,12H2,1-3H3,(H2,22,23,25,26). The summed E-state index contributed by atoms with van der Waals surface area (Å²) in [6.07, 6.45) is 0. The van der Waals surface area contributed by atoms with Crippen LogP contribution in [0, 0.1) is 0 Å². The van der Waals surface area contributed by atoms with Gasteiger partial charge in [0.2, 0.25) is 10.0 Å². The first-order valence-corrected chi connectivity index (χ1v) is 10.6. The van der Waals surface area contributed by atoms with Crippen molar-refractivity contribution in [3.8, 4) is 0 Å². The van der Waals surface area contributed by atoms with Crippen LogP contribution in [0.25, 0.3) is 10.9 Å². The van der Waals surface area contributed by atoms with Gasteiger partial charge in [-0.15, -0.1) is 0 Å². The second kappa shape index (κ2) is 7.94. The van der Waals surface area contributed by atoms with E-state index in [0.29, 0.717) is 0 Å². The van der Waals surface area contributed by atoms with E-state index in [1.807, 2.05) is 51.1 Å². The van der Waals surface area contributed by atoms with Gasteiger partial charge in [0.25, 0.3) is 5.56 Å². The molecule has 0 saturated carbocycles. The van der Waals surface area contributed by atoms with E-state index in [1.165, 1.54) is 18.2 Å². The first-order valence-electron chi connectivity index (χ1n) is 9.16. The largest absolute Gasteiger partial charge is 0.326 e. The highest BCUT2D eigenvalue weighted by molar-refractivity contribution is 7.89. The Labute approximate surface area is 168 Å². The molecule has 0 aliphatic carbocycles. The van der Waals surface area contributed by atoms with E-state index in [9.17, 15) is 18.0 Å². The Bertz CT molecular complexity index is 1230. The fourth-order valence-electron chi connectivity index (χ4n) is 3.13. The van der Waals surface area contributed by atoms with Crippen molar-refractivity contribution < 1.29 is 8.42 Å². The van der Waals surface area contributed by atoms with Crippen molar-refractivity contribution >= 4 is 20.9 Å². The molecule has 9 heteroatoms. The van der Waals surface area contributed by atoms with Crippen molar-refractivity contribution in [3.05, 3.63) is 74.9 Å². The van der Waals surface area contributed by atoms with Crippen LogP contribution in [0.3, 0.4) is 0 Å². The molecule has 1 heterocycles. The molecule has 1 aromatic heterocycles. The van der Waals surface area contributed by atoms with Crippen molar-refractivity contribution in [1.82, 2.24) is 20.0 Å². The predicted molar refractivity (Wildman–Crippen MR) is 112 cm³/mol. The molecule has 0 radical (unpaired) electrons. The Hall–Kier alpha value is -2.75. The van der Waals surface area contributed by atoms with E-state index < -0.39 is 26.8 Å². The molecule has 0 amide bonds. The molecule has 1 atom stereocenters. The van der Waals surface area contributed by atoms with Gasteiger partial charge in [-0.05, 0) is 44.5 Å². The van der Waals surface area contributed by atoms with Crippen LogP contribution in [0.5, 0.6) is 0 Å². The van der Waals surface area contributed by atoms with Crippen LogP contribution >= 0.6 is 0 Å². The summed E-state index contributed by atoms with van der Waals surface area (Å²) in [7, 11) is -3.85. The Morgan fingerprint density at radius 2 is 1.72 bits per heavy atom. The number of hydrogen-bond acceptors (Lipinski definition) is 5. The number of benzene rings is 2. The lowest BCUT2D eigenvalue weighted by atomic mass is 10.0. The summed E-state index contributed by atoms with van der Waals surface area (Å²) in [5, 5.41) is 3.52. The monoisotopic (exact) mass is 416 g/mol. The highest BCUT2D eigenvalue weighted by Gasteiger charge is 2.24. The molecule has 0 bridgehead atoms. The molecule has 0 saturated heterocycles. The van der Waals surface area contributed by atoms with E-state index in [0.717, 1.165) is 5.56 Å². The van der Waals surface area contributed by atoms with Gasteiger partial charge in [-0.1, -0.05) is 30.3 Å². The fourth-order valence-corrected chi connectivity index (χ4v) is 4.37. The van der Waals surface area contributed by atoms with Crippen LogP contribution in [-0.4, -0.2) is 30.5 Å². The van der Waals surface area contributed by atoms with E-state index in [2.05, 4.69) is 20.0 Å². The fraction of sp³-hybridized carbons (Fsp3) is 0.300. The number of sulfonamides is 1. The molecule has 0 aliphatic rings. The zero-order valence-electron chi connectivity index (χ0n) is 16.4. The highest BCUT2D eigenvalue weighted by Crippen LogP contribution is 2.17. The third-order valence-electron chi connectivity index (χ3n) is 4.63. The summed E-state index contributed by atoms with van der Waals surface area (Å²) in [5.41, 5.74) is -0.430. The number of nitrogens with one attached hydrogen (secondary N) is 4. The molecular weight excluding hydrogens is 392 g/mol. The normalized spacial score (nSPS) is 13.5. The molecule has 3 rings (SSSR count). The van der Waals surface area contributed by atoms with Crippen molar-refractivity contribution in [1.29, 1.82) is 0 Å². The van der Waals surface area contributed by atoms with Gasteiger partial charge in [-0.3, -0.25) is 9.78 Å². The van der Waals surface area contributed by atoms with Gasteiger partial charge in [0, 0.05) is 18.1 Å². The average molecular weight is 417 g/mol. The van der Waals surface area contributed by atoms with Crippen LogP contribution in [0.4, 0.5) is 0 Å². The molecule has 2 aromatic carbocycles. The minimum Gasteiger partial charge on any atom is -0.307 e. The number of hydrogen-bond donors (Lipinski definition) is 4. The average Bonchev–Trinajstić information content (AvgIpc) is 2.66. The zero-order valence-corrected chi connectivity index (χ0v) is 17.3. The molecule has 0 aliphatic heterocycles. The van der Waals surface area contributed by atoms with Gasteiger partial charge < -0.3 is 10.3 Å². The van der Waals surface area contributed by atoms with Crippen LogP contribution in [-0.2, 0) is 10.0 Å². The van der Waals surface area contributed by atoms with E-state index in [4.69, 9.17) is 0 Å². The van der Waals surface area contributed by atoms with Crippen molar-refractivity contribution in [2.45, 2.75) is 37.2 Å². The van der Waals surface area contributed by atoms with Crippen LogP contribution in [0.1, 0.15) is 32.4 Å². The molecule has 154 valence electrons. The Morgan fingerprint density at radius 1 is 1.03 bits per heavy atom. The summed E-state index contributed by atoms with van der Waals surface area (Å²) in [5.74, 6) is 0. The summed E-state index contributed by atoms with van der Waals surface area (Å²) >= 11 is 0. The summed E-state index contributed by atoms with van der Waals surface area (Å²) in [6, 6.07) is 13.9. The Balaban J connectivity index is 1.76. The Morgan fingerprint density at radius 3 is 2.41 bits per heavy atom. The smallest absolute Gasteiger partial charge is 0.307 e. The van der Waals surface area contributed by atoms with Crippen LogP contribution in [0.2, 0.25) is 0 Å². The number of rotatable bonds is 7. The molecule has 29 heavy (non-hydrogen) atoms. The van der Waals surface area contributed by atoms with Gasteiger partial charge in [0.1, 0.15) is 0 Å². The minimum absolute atomic E-state index is 0.0340. The molecular formula is C20H24N4O4S. The number of aromatic amines is 2. The molecule has 1 unspecified atom stereocenters. The van der Waals surface area contributed by atoms with E-state index >= 15 is 0 Å². The second-order valence-electron chi connectivity index (χ2n) is 7.60. The quantitative estimate of drug-likeness (QED) is 0.466. The predicted octanol–water partition coefficient (Wildman–Crippen LogP) is 1.62. The first kappa shape index (κ1) is 21.0. The number of aromatic nitrogens is 2. The summed E-state index contributed by atoms with van der Waals surface area (Å²) in [6.45, 7) is 5.98. The maximum Gasteiger partial charge on any atom is 0.326 e. The Kier molecular flexibility index (Phi) is 5.74. The lowest BCUT2D eigenvalue weighted by molar-refractivity contribution is 0.346. The van der Waals surface area contributed by atoms with Crippen LogP contribution < -0.4 is 21.3 Å². The zero-order chi connectivity index (χ0) is 21.2. The lowest BCUT2D eigenvalue weighted by Crippen LogP contribution is -2.49. The van der Waals surface area contributed by atoms with Crippen molar-refractivity contribution in [2.24, 2.45) is 0 Å². The molecule has 0 spiro atoms. The van der Waals surface area contributed by atoms with Crippen molar-refractivity contribution in [3.63, 3.8) is 0 Å². The first-order chi connectivity index (χ1) is 13.6. The maximum absolute atomic E-state index is 12.7. The van der Waals surface area contributed by atoms with Crippen LogP contribution in [0.15, 0.2) is 63.0 Å². The molecule has 3 aromatic rings. The topological polar surface area (TPSA) is 124 Å². The highest BCUT2D eigenvalue weighted by atomic mass is 32.2. The minimum atomic E-state index is -3.85. The van der Waals surface area contributed by atoms with Gasteiger partial charge in [-0.2, -0.15) is 0 Å². The molecule has 8 nitrogen and oxygen atoms in total. The maximum atomic E-state index is 12.7. The van der Waals surface area contributed by atoms with Crippen molar-refractivity contribution in [2.75, 3.05) is 6.54 Å². The summed E-state index contributed by atoms with van der Waals surface area (Å²) < 4.78 is 28.1. The van der Waals surface area contributed by atoms with Gasteiger partial charge in [0.15, 0.2) is 0 Å².